The van der Waals surface area contributed by atoms with Gasteiger partial charge in [-0.25, -0.2) is 0 Å². The van der Waals surface area contributed by atoms with Crippen molar-refractivity contribution < 1.29 is 9.26 Å². The van der Waals surface area contributed by atoms with Gasteiger partial charge in [-0.2, -0.15) is 4.98 Å². The van der Waals surface area contributed by atoms with Crippen molar-refractivity contribution in [3.8, 4) is 0 Å². The van der Waals surface area contributed by atoms with E-state index in [1.54, 1.807) is 7.11 Å². The van der Waals surface area contributed by atoms with Gasteiger partial charge in [-0.3, -0.25) is 0 Å². The molecule has 1 aromatic rings. The monoisotopic (exact) mass is 267 g/mol. The molecule has 108 valence electrons. The van der Waals surface area contributed by atoms with E-state index in [0.717, 1.165) is 44.5 Å². The van der Waals surface area contributed by atoms with Crippen molar-refractivity contribution in [2.45, 2.75) is 57.5 Å². The number of hydrogen-bond donors (Lipinski definition) is 1. The topological polar surface area (TPSA) is 74.2 Å². The van der Waals surface area contributed by atoms with Crippen LogP contribution < -0.4 is 5.73 Å². The van der Waals surface area contributed by atoms with E-state index in [9.17, 15) is 0 Å². The molecule has 0 saturated heterocycles. The average Bonchev–Trinajstić information content (AvgIpc) is 2.97. The Morgan fingerprint density at radius 3 is 2.58 bits per heavy atom. The molecule has 0 bridgehead atoms. The second-order valence-electron chi connectivity index (χ2n) is 5.70. The summed E-state index contributed by atoms with van der Waals surface area (Å²) in [5.41, 5.74) is 5.27. The molecule has 1 atom stereocenters. The molecule has 1 unspecified atom stereocenters. The summed E-state index contributed by atoms with van der Waals surface area (Å²) >= 11 is 0. The molecule has 0 spiro atoms. The van der Waals surface area contributed by atoms with Crippen LogP contribution in [0, 0.1) is 5.92 Å². The molecule has 2 N–H and O–H groups in total. The van der Waals surface area contributed by atoms with Crippen molar-refractivity contribution in [1.29, 1.82) is 0 Å². The molecule has 0 radical (unpaired) electrons. The highest BCUT2D eigenvalue weighted by atomic mass is 16.5. The Morgan fingerprint density at radius 1 is 1.37 bits per heavy atom. The van der Waals surface area contributed by atoms with Gasteiger partial charge in [-0.05, 0) is 51.5 Å². The first-order valence-corrected chi connectivity index (χ1v) is 7.22. The molecular formula is C14H25N3O2. The van der Waals surface area contributed by atoms with Crippen LogP contribution >= 0.6 is 0 Å². The molecule has 1 aliphatic carbocycles. The smallest absolute Gasteiger partial charge is 0.229 e. The summed E-state index contributed by atoms with van der Waals surface area (Å²) in [6.07, 6.45) is 5.34. The predicted molar refractivity (Wildman–Crippen MR) is 72.7 cm³/mol. The van der Waals surface area contributed by atoms with Crippen molar-refractivity contribution in [3.05, 3.63) is 11.7 Å². The Balaban J connectivity index is 2.05. The van der Waals surface area contributed by atoms with Gasteiger partial charge in [0.2, 0.25) is 11.7 Å². The Morgan fingerprint density at radius 2 is 2.05 bits per heavy atom. The number of nitrogens with two attached hydrogens (primary N) is 1. The van der Waals surface area contributed by atoms with Gasteiger partial charge >= 0.3 is 0 Å². The Hall–Kier alpha value is -0.940. The van der Waals surface area contributed by atoms with Crippen LogP contribution in [-0.2, 0) is 10.3 Å². The van der Waals surface area contributed by atoms with Gasteiger partial charge in [-0.15, -0.1) is 0 Å². The molecular weight excluding hydrogens is 242 g/mol. The summed E-state index contributed by atoms with van der Waals surface area (Å²) in [6.45, 7) is 4.85. The molecule has 1 saturated carbocycles. The third-order valence-electron chi connectivity index (χ3n) is 4.57. The molecule has 1 aliphatic rings. The van der Waals surface area contributed by atoms with Crippen molar-refractivity contribution in [1.82, 2.24) is 10.1 Å². The highest BCUT2D eigenvalue weighted by Gasteiger charge is 2.32. The van der Waals surface area contributed by atoms with Crippen LogP contribution in [0.2, 0.25) is 0 Å². The lowest BCUT2D eigenvalue weighted by molar-refractivity contribution is -0.0106. The van der Waals surface area contributed by atoms with Crippen LogP contribution in [0.3, 0.4) is 0 Å². The maximum atomic E-state index is 5.72. The van der Waals surface area contributed by atoms with E-state index in [1.807, 2.05) is 6.92 Å². The third kappa shape index (κ3) is 2.98. The molecule has 0 aromatic carbocycles. The maximum Gasteiger partial charge on any atom is 0.229 e. The minimum absolute atomic E-state index is 0.391. The number of ether oxygens (including phenoxy) is 1. The highest BCUT2D eigenvalue weighted by molar-refractivity contribution is 5.02. The third-order valence-corrected chi connectivity index (χ3v) is 4.57. The van der Waals surface area contributed by atoms with Crippen LogP contribution in [-0.4, -0.2) is 23.8 Å². The molecule has 1 aromatic heterocycles. The number of rotatable bonds is 5. The zero-order valence-electron chi connectivity index (χ0n) is 12.2. The normalized spacial score (nSPS) is 27.2. The lowest BCUT2D eigenvalue weighted by atomic mass is 9.82. The average molecular weight is 267 g/mol. The lowest BCUT2D eigenvalue weighted by Crippen LogP contribution is -2.25. The zero-order valence-corrected chi connectivity index (χ0v) is 12.2. The first-order chi connectivity index (χ1) is 9.12. The fourth-order valence-electron chi connectivity index (χ4n) is 2.65. The number of methoxy groups -OCH3 is 1. The van der Waals surface area contributed by atoms with Gasteiger partial charge in [-0.1, -0.05) is 12.1 Å². The van der Waals surface area contributed by atoms with E-state index in [4.69, 9.17) is 15.0 Å². The van der Waals surface area contributed by atoms with E-state index in [2.05, 4.69) is 17.1 Å². The fourth-order valence-corrected chi connectivity index (χ4v) is 2.65. The lowest BCUT2D eigenvalue weighted by Gasteiger charge is -2.25. The standard InChI is InChI=1S/C14H25N3O2/c1-4-14(2,18-3)13-16-12(19-17-13)11-7-5-10(9-15)6-8-11/h10-11H,4-9,15H2,1-3H3. The van der Waals surface area contributed by atoms with Gasteiger partial charge in [0, 0.05) is 13.0 Å². The molecule has 5 heteroatoms. The minimum atomic E-state index is -0.448. The molecule has 0 aliphatic heterocycles. The van der Waals surface area contributed by atoms with Crippen molar-refractivity contribution in [3.63, 3.8) is 0 Å². The Bertz CT molecular complexity index is 393. The highest BCUT2D eigenvalue weighted by Crippen LogP contribution is 2.35. The van der Waals surface area contributed by atoms with E-state index in [1.165, 1.54) is 0 Å². The van der Waals surface area contributed by atoms with E-state index in [0.29, 0.717) is 17.7 Å². The summed E-state index contributed by atoms with van der Waals surface area (Å²) in [5, 5.41) is 4.11. The summed E-state index contributed by atoms with van der Waals surface area (Å²) < 4.78 is 11.0. The second kappa shape index (κ2) is 6.01. The predicted octanol–water partition coefficient (Wildman–Crippen LogP) is 2.57. The minimum Gasteiger partial charge on any atom is -0.370 e. The van der Waals surface area contributed by atoms with Gasteiger partial charge in [0.05, 0.1) is 0 Å². The second-order valence-corrected chi connectivity index (χ2v) is 5.70. The van der Waals surface area contributed by atoms with Gasteiger partial charge in [0.25, 0.3) is 0 Å². The molecule has 0 amide bonds. The van der Waals surface area contributed by atoms with Crippen LogP contribution in [0.4, 0.5) is 0 Å². The van der Waals surface area contributed by atoms with Gasteiger partial charge in [0.15, 0.2) is 0 Å². The molecule has 1 fully saturated rings. The van der Waals surface area contributed by atoms with Crippen LogP contribution in [0.1, 0.15) is 63.6 Å². The summed E-state index contributed by atoms with van der Waals surface area (Å²) in [4.78, 5) is 4.56. The fraction of sp³-hybridized carbons (Fsp3) is 0.857. The summed E-state index contributed by atoms with van der Waals surface area (Å²) in [5.74, 6) is 2.48. The molecule has 19 heavy (non-hydrogen) atoms. The SMILES string of the molecule is CCC(C)(OC)c1noc(C2CCC(CN)CC2)n1. The van der Waals surface area contributed by atoms with Gasteiger partial charge in [0.1, 0.15) is 5.60 Å². The van der Waals surface area contributed by atoms with Crippen LogP contribution in [0.5, 0.6) is 0 Å². The van der Waals surface area contributed by atoms with E-state index < -0.39 is 5.60 Å². The first-order valence-electron chi connectivity index (χ1n) is 7.22. The van der Waals surface area contributed by atoms with Crippen molar-refractivity contribution >= 4 is 0 Å². The Kier molecular flexibility index (Phi) is 4.58. The number of nitrogens with zero attached hydrogens (tertiary/aromatic N) is 2. The number of aromatic nitrogens is 2. The van der Waals surface area contributed by atoms with Crippen molar-refractivity contribution in [2.24, 2.45) is 11.7 Å². The molecule has 1 heterocycles. The summed E-state index contributed by atoms with van der Waals surface area (Å²) in [6, 6.07) is 0. The van der Waals surface area contributed by atoms with Gasteiger partial charge < -0.3 is 15.0 Å². The largest absolute Gasteiger partial charge is 0.370 e. The number of hydrogen-bond acceptors (Lipinski definition) is 5. The molecule has 2 rings (SSSR count). The first kappa shape index (κ1) is 14.5. The summed E-state index contributed by atoms with van der Waals surface area (Å²) in [7, 11) is 1.69. The van der Waals surface area contributed by atoms with Crippen LogP contribution in [0.25, 0.3) is 0 Å². The van der Waals surface area contributed by atoms with E-state index >= 15 is 0 Å². The zero-order chi connectivity index (χ0) is 13.9. The maximum absolute atomic E-state index is 5.72. The molecule has 5 nitrogen and oxygen atoms in total. The Labute approximate surface area is 114 Å². The van der Waals surface area contributed by atoms with Crippen molar-refractivity contribution in [2.75, 3.05) is 13.7 Å². The van der Waals surface area contributed by atoms with E-state index in [-0.39, 0.29) is 0 Å². The van der Waals surface area contributed by atoms with Crippen LogP contribution in [0.15, 0.2) is 4.52 Å². The quantitative estimate of drug-likeness (QED) is 0.887.